The molecule has 0 aliphatic heterocycles. The average molecular weight is 500 g/mol. The predicted molar refractivity (Wildman–Crippen MR) is 110 cm³/mol. The number of nitrogens with one attached hydrogen (secondary N) is 2. The monoisotopic (exact) mass is 498 g/mol. The molecule has 0 heterocycles. The maximum atomic E-state index is 11.9. The van der Waals surface area contributed by atoms with E-state index >= 15 is 0 Å². The summed E-state index contributed by atoms with van der Waals surface area (Å²) >= 11 is 6.67. The van der Waals surface area contributed by atoms with Crippen molar-refractivity contribution in [2.75, 3.05) is 19.8 Å². The Morgan fingerprint density at radius 3 is 1.78 bits per heavy atom. The van der Waals surface area contributed by atoms with E-state index in [2.05, 4.69) is 42.5 Å². The largest absolute Gasteiger partial charge is 0.484 e. The number of benzene rings is 2. The zero-order chi connectivity index (χ0) is 19.6. The average Bonchev–Trinajstić information content (AvgIpc) is 2.65. The van der Waals surface area contributed by atoms with Gasteiger partial charge in [-0.25, -0.2) is 0 Å². The van der Waals surface area contributed by atoms with E-state index in [4.69, 9.17) is 9.47 Å². The van der Waals surface area contributed by atoms with Crippen molar-refractivity contribution in [2.45, 2.75) is 13.0 Å². The van der Waals surface area contributed by atoms with Gasteiger partial charge in [0.1, 0.15) is 11.5 Å². The highest BCUT2D eigenvalue weighted by Gasteiger charge is 2.10. The quantitative estimate of drug-likeness (QED) is 0.555. The van der Waals surface area contributed by atoms with Gasteiger partial charge in [0.15, 0.2) is 13.2 Å². The lowest BCUT2D eigenvalue weighted by molar-refractivity contribution is -0.125. The molecule has 2 aromatic carbocycles. The zero-order valence-corrected chi connectivity index (χ0v) is 17.9. The lowest BCUT2D eigenvalue weighted by Gasteiger charge is -2.15. The van der Waals surface area contributed by atoms with Crippen LogP contribution < -0.4 is 20.1 Å². The predicted octanol–water partition coefficient (Wildman–Crippen LogP) is 3.29. The number of carbonyl (C=O) groups is 2. The van der Waals surface area contributed by atoms with Gasteiger partial charge < -0.3 is 20.1 Å². The Morgan fingerprint density at radius 1 is 0.852 bits per heavy atom. The normalized spacial score (nSPS) is 11.4. The summed E-state index contributed by atoms with van der Waals surface area (Å²) in [6.07, 6.45) is 0. The summed E-state index contributed by atoms with van der Waals surface area (Å²) in [5.74, 6) is 0.704. The first-order valence-electron chi connectivity index (χ1n) is 8.25. The standard InChI is InChI=1S/C19H20Br2N2O4/c1-13(23-19(25)12-27-17-8-4-15(21)5-9-17)10-22-18(24)11-26-16-6-2-14(20)3-7-16/h2-9,13H,10-12H2,1H3,(H,22,24)(H,23,25). The maximum Gasteiger partial charge on any atom is 0.258 e. The van der Waals surface area contributed by atoms with Gasteiger partial charge in [0.05, 0.1) is 0 Å². The van der Waals surface area contributed by atoms with Crippen LogP contribution in [0.2, 0.25) is 0 Å². The highest BCUT2D eigenvalue weighted by atomic mass is 79.9. The highest BCUT2D eigenvalue weighted by Crippen LogP contribution is 2.16. The fraction of sp³-hybridized carbons (Fsp3) is 0.263. The summed E-state index contributed by atoms with van der Waals surface area (Å²) < 4.78 is 12.7. The number of carbonyl (C=O) groups excluding carboxylic acids is 2. The summed E-state index contributed by atoms with van der Waals surface area (Å²) in [6, 6.07) is 14.2. The van der Waals surface area contributed by atoms with Gasteiger partial charge in [-0.15, -0.1) is 0 Å². The molecular formula is C19H20Br2N2O4. The molecule has 0 saturated heterocycles. The Morgan fingerprint density at radius 2 is 1.30 bits per heavy atom. The van der Waals surface area contributed by atoms with Crippen molar-refractivity contribution in [3.8, 4) is 11.5 Å². The van der Waals surface area contributed by atoms with Crippen LogP contribution in [0.5, 0.6) is 11.5 Å². The molecule has 1 unspecified atom stereocenters. The third kappa shape index (κ3) is 8.45. The lowest BCUT2D eigenvalue weighted by atomic mass is 10.3. The first kappa shape index (κ1) is 21.2. The van der Waals surface area contributed by atoms with E-state index in [9.17, 15) is 9.59 Å². The van der Waals surface area contributed by atoms with Crippen LogP contribution in [-0.2, 0) is 9.59 Å². The SMILES string of the molecule is CC(CNC(=O)COc1ccc(Br)cc1)NC(=O)COc1ccc(Br)cc1. The van der Waals surface area contributed by atoms with E-state index in [0.29, 0.717) is 18.0 Å². The second-order valence-electron chi connectivity index (χ2n) is 5.76. The zero-order valence-electron chi connectivity index (χ0n) is 14.7. The number of rotatable bonds is 9. The van der Waals surface area contributed by atoms with Crippen molar-refractivity contribution in [3.05, 3.63) is 57.5 Å². The molecule has 0 radical (unpaired) electrons. The summed E-state index contributed by atoms with van der Waals surface area (Å²) in [4.78, 5) is 23.7. The second kappa shape index (κ2) is 10.9. The van der Waals surface area contributed by atoms with E-state index in [-0.39, 0.29) is 31.1 Å². The first-order valence-corrected chi connectivity index (χ1v) is 9.84. The van der Waals surface area contributed by atoms with E-state index in [1.54, 1.807) is 31.2 Å². The van der Waals surface area contributed by atoms with Gasteiger partial charge in [0.2, 0.25) is 0 Å². The minimum atomic E-state index is -0.259. The topological polar surface area (TPSA) is 76.7 Å². The number of amides is 2. The first-order chi connectivity index (χ1) is 12.9. The molecule has 1 atom stereocenters. The highest BCUT2D eigenvalue weighted by molar-refractivity contribution is 9.10. The van der Waals surface area contributed by atoms with E-state index < -0.39 is 0 Å². The molecule has 2 rings (SSSR count). The molecule has 144 valence electrons. The number of ether oxygens (including phenoxy) is 2. The molecule has 0 saturated carbocycles. The van der Waals surface area contributed by atoms with Crippen LogP contribution in [-0.4, -0.2) is 37.6 Å². The number of hydrogen-bond donors (Lipinski definition) is 2. The van der Waals surface area contributed by atoms with Gasteiger partial charge >= 0.3 is 0 Å². The third-order valence-electron chi connectivity index (χ3n) is 3.38. The molecule has 2 amide bonds. The molecule has 0 aliphatic carbocycles. The van der Waals surface area contributed by atoms with Crippen LogP contribution in [0.1, 0.15) is 6.92 Å². The molecule has 27 heavy (non-hydrogen) atoms. The minimum Gasteiger partial charge on any atom is -0.484 e. The van der Waals surface area contributed by atoms with Gasteiger partial charge in [-0.1, -0.05) is 31.9 Å². The van der Waals surface area contributed by atoms with Gasteiger partial charge in [-0.05, 0) is 55.5 Å². The van der Waals surface area contributed by atoms with Crippen molar-refractivity contribution in [1.29, 1.82) is 0 Å². The Hall–Kier alpha value is -2.06. The van der Waals surface area contributed by atoms with Crippen molar-refractivity contribution in [2.24, 2.45) is 0 Å². The van der Waals surface area contributed by atoms with E-state index in [1.807, 2.05) is 24.3 Å². The third-order valence-corrected chi connectivity index (χ3v) is 4.44. The van der Waals surface area contributed by atoms with Crippen molar-refractivity contribution >= 4 is 43.7 Å². The van der Waals surface area contributed by atoms with Crippen LogP contribution in [0, 0.1) is 0 Å². The van der Waals surface area contributed by atoms with Crippen LogP contribution in [0.4, 0.5) is 0 Å². The molecule has 0 fully saturated rings. The van der Waals surface area contributed by atoms with Crippen LogP contribution >= 0.6 is 31.9 Å². The maximum absolute atomic E-state index is 11.9. The smallest absolute Gasteiger partial charge is 0.258 e. The summed E-state index contributed by atoms with van der Waals surface area (Å²) in [7, 11) is 0. The lowest BCUT2D eigenvalue weighted by Crippen LogP contribution is -2.44. The minimum absolute atomic E-state index is 0.0883. The molecule has 0 spiro atoms. The molecule has 0 aliphatic rings. The van der Waals surface area contributed by atoms with Gasteiger partial charge in [-0.2, -0.15) is 0 Å². The van der Waals surface area contributed by atoms with Gasteiger partial charge in [-0.3, -0.25) is 9.59 Å². The van der Waals surface area contributed by atoms with E-state index in [1.165, 1.54) is 0 Å². The van der Waals surface area contributed by atoms with Gasteiger partial charge in [0.25, 0.3) is 11.8 Å². The Kier molecular flexibility index (Phi) is 8.60. The Balaban J connectivity index is 1.62. The molecule has 8 heteroatoms. The van der Waals surface area contributed by atoms with Crippen LogP contribution in [0.25, 0.3) is 0 Å². The molecule has 0 aromatic heterocycles. The van der Waals surface area contributed by atoms with Gasteiger partial charge in [0, 0.05) is 21.5 Å². The second-order valence-corrected chi connectivity index (χ2v) is 7.59. The fourth-order valence-corrected chi connectivity index (χ4v) is 2.57. The Labute approximate surface area is 174 Å². The fourth-order valence-electron chi connectivity index (χ4n) is 2.04. The molecule has 2 N–H and O–H groups in total. The van der Waals surface area contributed by atoms with Crippen molar-refractivity contribution < 1.29 is 19.1 Å². The van der Waals surface area contributed by atoms with Crippen LogP contribution in [0.3, 0.4) is 0 Å². The van der Waals surface area contributed by atoms with Crippen molar-refractivity contribution in [3.63, 3.8) is 0 Å². The molecule has 0 bridgehead atoms. The summed E-state index contributed by atoms with van der Waals surface area (Å²) in [5.41, 5.74) is 0. The molecule has 6 nitrogen and oxygen atoms in total. The Bertz CT molecular complexity index is 751. The number of hydrogen-bond acceptors (Lipinski definition) is 4. The molecular weight excluding hydrogens is 480 g/mol. The summed E-state index contributed by atoms with van der Waals surface area (Å²) in [5, 5.41) is 5.48. The van der Waals surface area contributed by atoms with Crippen LogP contribution in [0.15, 0.2) is 57.5 Å². The summed E-state index contributed by atoms with van der Waals surface area (Å²) in [6.45, 7) is 1.92. The van der Waals surface area contributed by atoms with E-state index in [0.717, 1.165) is 8.95 Å². The molecule has 2 aromatic rings. The number of halogens is 2. The van der Waals surface area contributed by atoms with Crippen molar-refractivity contribution in [1.82, 2.24) is 10.6 Å².